The number of amides is 1. The van der Waals surface area contributed by atoms with Gasteiger partial charge in [-0.05, 0) is 32.1 Å². The summed E-state index contributed by atoms with van der Waals surface area (Å²) in [6, 6.07) is 0. The number of hydrogen-bond acceptors (Lipinski definition) is 4. The molecule has 1 amide bonds. The fourth-order valence-corrected chi connectivity index (χ4v) is 3.56. The lowest BCUT2D eigenvalue weighted by Gasteiger charge is -2.30. The van der Waals surface area contributed by atoms with Crippen LogP contribution in [0.25, 0.3) is 0 Å². The lowest BCUT2D eigenvalue weighted by molar-refractivity contribution is 0.0700. The fraction of sp³-hybridized carbons (Fsp3) is 0.562. The van der Waals surface area contributed by atoms with E-state index in [1.807, 2.05) is 11.1 Å². The number of H-pyrrole nitrogens is 1. The number of likely N-dealkylation sites (tertiary alicyclic amines) is 1. The summed E-state index contributed by atoms with van der Waals surface area (Å²) < 4.78 is 5.37. The molecule has 1 N–H and O–H groups in total. The molecule has 0 aromatic carbocycles. The zero-order valence-electron chi connectivity index (χ0n) is 12.5. The summed E-state index contributed by atoms with van der Waals surface area (Å²) in [6.07, 6.45) is 9.61. The van der Waals surface area contributed by atoms with Gasteiger partial charge in [-0.25, -0.2) is 4.98 Å². The van der Waals surface area contributed by atoms with Crippen molar-refractivity contribution in [3.05, 3.63) is 35.2 Å². The van der Waals surface area contributed by atoms with Crippen molar-refractivity contribution in [1.82, 2.24) is 20.0 Å². The molecule has 0 radical (unpaired) electrons. The van der Waals surface area contributed by atoms with Crippen LogP contribution in [0.3, 0.4) is 0 Å². The van der Waals surface area contributed by atoms with E-state index in [1.54, 1.807) is 6.20 Å². The first kappa shape index (κ1) is 13.5. The minimum absolute atomic E-state index is 0.0322. The summed E-state index contributed by atoms with van der Waals surface area (Å²) in [5.74, 6) is 2.40. The quantitative estimate of drug-likeness (QED) is 0.923. The van der Waals surface area contributed by atoms with Gasteiger partial charge in [0.15, 0.2) is 5.69 Å². The highest BCUT2D eigenvalue weighted by Crippen LogP contribution is 2.28. The van der Waals surface area contributed by atoms with Crippen LogP contribution < -0.4 is 0 Å². The minimum atomic E-state index is 0.0322. The summed E-state index contributed by atoms with van der Waals surface area (Å²) in [6.45, 7) is 1.51. The molecule has 2 aromatic rings. The minimum Gasteiger partial charge on any atom is -0.360 e. The van der Waals surface area contributed by atoms with Crippen LogP contribution in [0.2, 0.25) is 0 Å². The smallest absolute Gasteiger partial charge is 0.276 e. The van der Waals surface area contributed by atoms with Crippen molar-refractivity contribution in [3.63, 3.8) is 0 Å². The molecule has 2 aromatic heterocycles. The third-order valence-electron chi connectivity index (χ3n) is 4.84. The Morgan fingerprint density at radius 3 is 2.86 bits per heavy atom. The van der Waals surface area contributed by atoms with Gasteiger partial charge in [-0.1, -0.05) is 5.16 Å². The zero-order valence-corrected chi connectivity index (χ0v) is 12.5. The molecule has 1 saturated heterocycles. The van der Waals surface area contributed by atoms with Crippen LogP contribution in [0.1, 0.15) is 59.2 Å². The average molecular weight is 300 g/mol. The maximum atomic E-state index is 12.7. The van der Waals surface area contributed by atoms with Gasteiger partial charge in [0.2, 0.25) is 0 Å². The van der Waals surface area contributed by atoms with Gasteiger partial charge >= 0.3 is 0 Å². The number of fused-ring (bicyclic) bond motifs is 1. The molecule has 0 bridgehead atoms. The van der Waals surface area contributed by atoms with Gasteiger partial charge in [-0.3, -0.25) is 4.79 Å². The maximum absolute atomic E-state index is 12.7. The Hall–Kier alpha value is -2.11. The monoisotopic (exact) mass is 300 g/mol. The second-order valence-corrected chi connectivity index (χ2v) is 6.18. The highest BCUT2D eigenvalue weighted by molar-refractivity contribution is 5.94. The van der Waals surface area contributed by atoms with Gasteiger partial charge in [-0.15, -0.1) is 0 Å². The predicted octanol–water partition coefficient (Wildman–Crippen LogP) is 2.30. The number of aromatic amines is 1. The Bertz CT molecular complexity index is 654. The predicted molar refractivity (Wildman–Crippen MR) is 79.6 cm³/mol. The highest BCUT2D eigenvalue weighted by atomic mass is 16.5. The normalized spacial score (nSPS) is 19.2. The van der Waals surface area contributed by atoms with Crippen molar-refractivity contribution in [1.29, 1.82) is 0 Å². The topological polar surface area (TPSA) is 75.0 Å². The molecule has 1 fully saturated rings. The summed E-state index contributed by atoms with van der Waals surface area (Å²) in [7, 11) is 0. The number of rotatable bonds is 2. The van der Waals surface area contributed by atoms with E-state index < -0.39 is 0 Å². The van der Waals surface area contributed by atoms with Gasteiger partial charge < -0.3 is 14.4 Å². The molecule has 1 aliphatic carbocycles. The Morgan fingerprint density at radius 2 is 2.09 bits per heavy atom. The Labute approximate surface area is 128 Å². The maximum Gasteiger partial charge on any atom is 0.276 e. The molecule has 2 aliphatic rings. The fourth-order valence-electron chi connectivity index (χ4n) is 3.56. The lowest BCUT2D eigenvalue weighted by atomic mass is 9.94. The second-order valence-electron chi connectivity index (χ2n) is 6.18. The van der Waals surface area contributed by atoms with Gasteiger partial charge in [0, 0.05) is 43.4 Å². The molecule has 1 aliphatic heterocycles. The van der Waals surface area contributed by atoms with Gasteiger partial charge in [0.25, 0.3) is 5.91 Å². The van der Waals surface area contributed by atoms with E-state index in [4.69, 9.17) is 4.52 Å². The second kappa shape index (κ2) is 5.59. The number of carbonyl (C=O) groups is 1. The van der Waals surface area contributed by atoms with E-state index in [0.29, 0.717) is 11.6 Å². The Morgan fingerprint density at radius 1 is 1.27 bits per heavy atom. The number of hydrogen-bond donors (Lipinski definition) is 1. The van der Waals surface area contributed by atoms with E-state index in [9.17, 15) is 4.79 Å². The molecule has 4 rings (SSSR count). The summed E-state index contributed by atoms with van der Waals surface area (Å²) in [4.78, 5) is 22.1. The molecule has 116 valence electrons. The first-order valence-electron chi connectivity index (χ1n) is 8.09. The van der Waals surface area contributed by atoms with Crippen LogP contribution >= 0.6 is 0 Å². The van der Waals surface area contributed by atoms with Crippen LogP contribution in [0, 0.1) is 0 Å². The summed E-state index contributed by atoms with van der Waals surface area (Å²) in [5, 5.41) is 4.06. The molecule has 0 saturated carbocycles. The van der Waals surface area contributed by atoms with Crippen molar-refractivity contribution in [2.45, 2.75) is 44.4 Å². The van der Waals surface area contributed by atoms with Crippen LogP contribution in [0.5, 0.6) is 0 Å². The molecule has 6 heteroatoms. The van der Waals surface area contributed by atoms with Crippen molar-refractivity contribution >= 4 is 5.91 Å². The molecule has 3 heterocycles. The number of aryl methyl sites for hydroxylation is 1. The van der Waals surface area contributed by atoms with Crippen molar-refractivity contribution < 1.29 is 9.32 Å². The first-order valence-corrected chi connectivity index (χ1v) is 8.09. The molecular formula is C16H20N4O2. The van der Waals surface area contributed by atoms with Crippen molar-refractivity contribution in [3.8, 4) is 0 Å². The van der Waals surface area contributed by atoms with E-state index in [0.717, 1.165) is 68.8 Å². The highest BCUT2D eigenvalue weighted by Gasteiger charge is 2.30. The number of carbonyl (C=O) groups excluding carboxylic acids is 1. The first-order chi connectivity index (χ1) is 10.8. The van der Waals surface area contributed by atoms with E-state index >= 15 is 0 Å². The van der Waals surface area contributed by atoms with E-state index in [1.165, 1.54) is 0 Å². The standard InChI is InChI=1S/C16H20N4O2/c21-16(14-12-3-1-2-4-13(12)22-19-14)20-9-5-11(6-10-20)15-17-7-8-18-15/h7-8,11H,1-6,9-10H2,(H,17,18). The van der Waals surface area contributed by atoms with Gasteiger partial charge in [0.05, 0.1) is 0 Å². The zero-order chi connectivity index (χ0) is 14.9. The summed E-state index contributed by atoms with van der Waals surface area (Å²) >= 11 is 0. The Balaban J connectivity index is 1.45. The van der Waals surface area contributed by atoms with E-state index in [2.05, 4.69) is 15.1 Å². The number of piperidine rings is 1. The number of imidazole rings is 1. The van der Waals surface area contributed by atoms with Gasteiger partial charge in [0.1, 0.15) is 11.6 Å². The van der Waals surface area contributed by atoms with Crippen LogP contribution in [-0.2, 0) is 12.8 Å². The Kier molecular flexibility index (Phi) is 3.44. The van der Waals surface area contributed by atoms with Crippen molar-refractivity contribution in [2.24, 2.45) is 0 Å². The molecule has 0 atom stereocenters. The molecule has 0 spiro atoms. The SMILES string of the molecule is O=C(c1noc2c1CCCC2)N1CCC(c2ncc[nH]2)CC1. The third kappa shape index (κ3) is 2.32. The summed E-state index contributed by atoms with van der Waals surface area (Å²) in [5.41, 5.74) is 1.59. The average Bonchev–Trinajstić information content (AvgIpc) is 3.24. The molecular weight excluding hydrogens is 280 g/mol. The molecule has 22 heavy (non-hydrogen) atoms. The van der Waals surface area contributed by atoms with Crippen LogP contribution in [-0.4, -0.2) is 39.0 Å². The molecule has 6 nitrogen and oxygen atoms in total. The van der Waals surface area contributed by atoms with Crippen molar-refractivity contribution in [2.75, 3.05) is 13.1 Å². The number of nitrogens with zero attached hydrogens (tertiary/aromatic N) is 3. The largest absolute Gasteiger partial charge is 0.360 e. The number of nitrogens with one attached hydrogen (secondary N) is 1. The third-order valence-corrected chi connectivity index (χ3v) is 4.84. The molecule has 0 unspecified atom stereocenters. The number of aromatic nitrogens is 3. The van der Waals surface area contributed by atoms with E-state index in [-0.39, 0.29) is 5.91 Å². The van der Waals surface area contributed by atoms with Gasteiger partial charge in [-0.2, -0.15) is 0 Å². The van der Waals surface area contributed by atoms with Crippen LogP contribution in [0.15, 0.2) is 16.9 Å². The van der Waals surface area contributed by atoms with Crippen LogP contribution in [0.4, 0.5) is 0 Å². The lowest BCUT2D eigenvalue weighted by Crippen LogP contribution is -2.38.